The van der Waals surface area contributed by atoms with Crippen LogP contribution in [0.15, 0.2) is 72.8 Å². The Morgan fingerprint density at radius 1 is 0.946 bits per heavy atom. The minimum absolute atomic E-state index is 0.0820. The first-order valence-corrected chi connectivity index (χ1v) is 13.1. The first kappa shape index (κ1) is 26.6. The van der Waals surface area contributed by atoms with Crippen LogP contribution in [0.2, 0.25) is 5.02 Å². The number of halogens is 1. The molecule has 1 aromatic heterocycles. The van der Waals surface area contributed by atoms with Gasteiger partial charge in [0.1, 0.15) is 17.3 Å². The molecule has 7 heteroatoms. The first-order chi connectivity index (χ1) is 17.9. The molecule has 0 aliphatic carbocycles. The number of aryl methyl sites for hydroxylation is 1. The quantitative estimate of drug-likeness (QED) is 0.206. The van der Waals surface area contributed by atoms with Crippen LogP contribution in [0.4, 0.5) is 0 Å². The third-order valence-corrected chi connectivity index (χ3v) is 6.46. The van der Waals surface area contributed by atoms with E-state index in [9.17, 15) is 4.79 Å². The maximum atomic E-state index is 12.6. The lowest BCUT2D eigenvalue weighted by molar-refractivity contribution is -0.123. The second-order valence-corrected chi connectivity index (χ2v) is 9.83. The zero-order valence-electron chi connectivity index (χ0n) is 21.6. The number of rotatable bonds is 12. The molecule has 1 heterocycles. The van der Waals surface area contributed by atoms with E-state index in [1.807, 2.05) is 37.3 Å². The molecule has 0 bridgehead atoms. The van der Waals surface area contributed by atoms with E-state index in [4.69, 9.17) is 26.1 Å². The van der Waals surface area contributed by atoms with E-state index in [1.54, 1.807) is 24.3 Å². The number of nitrogens with zero attached hydrogens (tertiary/aromatic N) is 2. The summed E-state index contributed by atoms with van der Waals surface area (Å²) in [5.41, 5.74) is 3.20. The van der Waals surface area contributed by atoms with Crippen molar-refractivity contribution < 1.29 is 14.3 Å². The van der Waals surface area contributed by atoms with Crippen molar-refractivity contribution in [3.8, 4) is 11.5 Å². The van der Waals surface area contributed by atoms with Crippen molar-refractivity contribution in [1.82, 2.24) is 14.9 Å². The number of fused-ring (bicyclic) bond motifs is 1. The topological polar surface area (TPSA) is 65.4 Å². The fourth-order valence-corrected chi connectivity index (χ4v) is 4.46. The summed E-state index contributed by atoms with van der Waals surface area (Å²) in [5.74, 6) is 2.59. The molecule has 0 saturated heterocycles. The van der Waals surface area contributed by atoms with Gasteiger partial charge in [-0.1, -0.05) is 55.8 Å². The third-order valence-electron chi connectivity index (χ3n) is 6.21. The fourth-order valence-electron chi connectivity index (χ4n) is 4.33. The number of amides is 1. The number of nitrogens with one attached hydrogen (secondary N) is 1. The van der Waals surface area contributed by atoms with Gasteiger partial charge in [0.2, 0.25) is 0 Å². The highest BCUT2D eigenvalue weighted by Gasteiger charge is 2.18. The maximum absolute atomic E-state index is 12.6. The summed E-state index contributed by atoms with van der Waals surface area (Å²) in [6.45, 7) is 7.66. The Morgan fingerprint density at radius 2 is 1.68 bits per heavy atom. The van der Waals surface area contributed by atoms with E-state index in [0.29, 0.717) is 23.3 Å². The van der Waals surface area contributed by atoms with Crippen LogP contribution in [0.25, 0.3) is 11.0 Å². The Bertz CT molecular complexity index is 1320. The second kappa shape index (κ2) is 12.6. The zero-order valence-corrected chi connectivity index (χ0v) is 22.4. The lowest BCUT2D eigenvalue weighted by atomic mass is 10.0. The molecule has 194 valence electrons. The SMILES string of the molecule is CC(C)c1ccccc1OCCCCn1c(C(C)NC(=O)COc2ccc(Cl)cc2)nc2ccccc21. The van der Waals surface area contributed by atoms with Crippen molar-refractivity contribution in [3.63, 3.8) is 0 Å². The highest BCUT2D eigenvalue weighted by atomic mass is 35.5. The van der Waals surface area contributed by atoms with Crippen molar-refractivity contribution in [2.24, 2.45) is 0 Å². The summed E-state index contributed by atoms with van der Waals surface area (Å²) < 4.78 is 13.9. The molecule has 1 unspecified atom stereocenters. The monoisotopic (exact) mass is 519 g/mol. The Kier molecular flexibility index (Phi) is 9.07. The van der Waals surface area contributed by atoms with E-state index in [0.717, 1.165) is 42.0 Å². The molecule has 0 radical (unpaired) electrons. The predicted molar refractivity (Wildman–Crippen MR) is 148 cm³/mol. The van der Waals surface area contributed by atoms with Gasteiger partial charge in [0.15, 0.2) is 6.61 Å². The van der Waals surface area contributed by atoms with Crippen molar-refractivity contribution in [3.05, 3.63) is 89.2 Å². The standard InChI is InChI=1S/C30H34ClN3O3/c1-21(2)25-10-4-7-13-28(25)36-19-9-8-18-34-27-12-6-5-11-26(27)33-30(34)22(3)32-29(35)20-37-24-16-14-23(31)15-17-24/h4-7,10-17,21-22H,8-9,18-20H2,1-3H3,(H,32,35). The minimum Gasteiger partial charge on any atom is -0.493 e. The molecule has 0 aliphatic heterocycles. The van der Waals surface area contributed by atoms with Crippen LogP contribution in [0.3, 0.4) is 0 Å². The van der Waals surface area contributed by atoms with Gasteiger partial charge in [0.25, 0.3) is 5.91 Å². The molecule has 6 nitrogen and oxygen atoms in total. The molecular weight excluding hydrogens is 486 g/mol. The van der Waals surface area contributed by atoms with E-state index >= 15 is 0 Å². The van der Waals surface area contributed by atoms with Gasteiger partial charge in [-0.3, -0.25) is 4.79 Å². The highest BCUT2D eigenvalue weighted by Crippen LogP contribution is 2.26. The largest absolute Gasteiger partial charge is 0.493 e. The number of para-hydroxylation sites is 3. The number of aromatic nitrogens is 2. The van der Waals surface area contributed by atoms with Crippen LogP contribution in [0.5, 0.6) is 11.5 Å². The summed E-state index contributed by atoms with van der Waals surface area (Å²) in [6.07, 6.45) is 1.84. The van der Waals surface area contributed by atoms with Crippen molar-refractivity contribution >= 4 is 28.5 Å². The van der Waals surface area contributed by atoms with Gasteiger partial charge in [0, 0.05) is 11.6 Å². The average molecular weight is 520 g/mol. The molecule has 1 N–H and O–H groups in total. The van der Waals surface area contributed by atoms with Crippen LogP contribution in [-0.2, 0) is 11.3 Å². The van der Waals surface area contributed by atoms with Crippen LogP contribution in [0.1, 0.15) is 57.0 Å². The predicted octanol–water partition coefficient (Wildman–Crippen LogP) is 6.93. The van der Waals surface area contributed by atoms with Crippen molar-refractivity contribution in [2.45, 2.75) is 52.1 Å². The summed E-state index contributed by atoms with van der Waals surface area (Å²) in [7, 11) is 0. The number of unbranched alkanes of at least 4 members (excludes halogenated alkanes) is 1. The van der Waals surface area contributed by atoms with E-state index in [-0.39, 0.29) is 18.6 Å². The van der Waals surface area contributed by atoms with Gasteiger partial charge >= 0.3 is 0 Å². The summed E-state index contributed by atoms with van der Waals surface area (Å²) in [4.78, 5) is 17.4. The molecule has 4 rings (SSSR count). The van der Waals surface area contributed by atoms with Crippen LogP contribution in [0, 0.1) is 0 Å². The van der Waals surface area contributed by atoms with Gasteiger partial charge in [0.05, 0.1) is 23.7 Å². The molecule has 37 heavy (non-hydrogen) atoms. The smallest absolute Gasteiger partial charge is 0.258 e. The third kappa shape index (κ3) is 7.04. The Balaban J connectivity index is 1.35. The van der Waals surface area contributed by atoms with Gasteiger partial charge in [-0.05, 0) is 73.7 Å². The molecule has 0 spiro atoms. The van der Waals surface area contributed by atoms with Gasteiger partial charge in [-0.25, -0.2) is 4.98 Å². The van der Waals surface area contributed by atoms with Crippen molar-refractivity contribution in [1.29, 1.82) is 0 Å². The normalized spacial score (nSPS) is 12.0. The Morgan fingerprint density at radius 3 is 2.46 bits per heavy atom. The molecule has 0 aliphatic rings. The lowest BCUT2D eigenvalue weighted by Crippen LogP contribution is -2.32. The van der Waals surface area contributed by atoms with E-state index in [2.05, 4.69) is 41.9 Å². The maximum Gasteiger partial charge on any atom is 0.258 e. The van der Waals surface area contributed by atoms with Crippen LogP contribution < -0.4 is 14.8 Å². The molecule has 1 atom stereocenters. The number of benzene rings is 3. The number of carbonyl (C=O) groups excluding carboxylic acids is 1. The van der Waals surface area contributed by atoms with Gasteiger partial charge in [-0.15, -0.1) is 0 Å². The molecule has 0 saturated carbocycles. The number of carbonyl (C=O) groups is 1. The van der Waals surface area contributed by atoms with Crippen LogP contribution >= 0.6 is 11.6 Å². The molecule has 1 amide bonds. The molecule has 4 aromatic rings. The lowest BCUT2D eigenvalue weighted by Gasteiger charge is -2.17. The van der Waals surface area contributed by atoms with Gasteiger partial charge < -0.3 is 19.4 Å². The molecular formula is C30H34ClN3O3. The molecule has 3 aromatic carbocycles. The number of ether oxygens (including phenoxy) is 2. The summed E-state index contributed by atoms with van der Waals surface area (Å²) in [5, 5.41) is 3.64. The van der Waals surface area contributed by atoms with E-state index in [1.165, 1.54) is 5.56 Å². The second-order valence-electron chi connectivity index (χ2n) is 9.39. The van der Waals surface area contributed by atoms with E-state index < -0.39 is 0 Å². The zero-order chi connectivity index (χ0) is 26.2. The average Bonchev–Trinajstić information content (AvgIpc) is 3.27. The first-order valence-electron chi connectivity index (χ1n) is 12.8. The fraction of sp³-hybridized carbons (Fsp3) is 0.333. The van der Waals surface area contributed by atoms with Crippen molar-refractivity contribution in [2.75, 3.05) is 13.2 Å². The Hall–Kier alpha value is -3.51. The Labute approximate surface area is 223 Å². The highest BCUT2D eigenvalue weighted by molar-refractivity contribution is 6.30. The summed E-state index contributed by atoms with van der Waals surface area (Å²) in [6, 6.07) is 23.0. The number of imidazole rings is 1. The number of hydrogen-bond acceptors (Lipinski definition) is 4. The number of hydrogen-bond donors (Lipinski definition) is 1. The van der Waals surface area contributed by atoms with Gasteiger partial charge in [-0.2, -0.15) is 0 Å². The van der Waals surface area contributed by atoms with Crippen LogP contribution in [-0.4, -0.2) is 28.7 Å². The minimum atomic E-state index is -0.275. The summed E-state index contributed by atoms with van der Waals surface area (Å²) >= 11 is 5.91. The molecule has 0 fully saturated rings.